The van der Waals surface area contributed by atoms with E-state index >= 15 is 0 Å². The Morgan fingerprint density at radius 2 is 1.78 bits per heavy atom. The fourth-order valence-electron chi connectivity index (χ4n) is 2.70. The zero-order chi connectivity index (χ0) is 18.8. The molecule has 0 fully saturated rings. The summed E-state index contributed by atoms with van der Waals surface area (Å²) >= 11 is 0. The van der Waals surface area contributed by atoms with E-state index in [1.165, 1.54) is 12.5 Å². The highest BCUT2D eigenvalue weighted by molar-refractivity contribution is 6.06. The summed E-state index contributed by atoms with van der Waals surface area (Å²) in [6, 6.07) is 12.7. The smallest absolute Gasteiger partial charge is 0.231 e. The van der Waals surface area contributed by atoms with Crippen LogP contribution in [0, 0.1) is 11.8 Å². The maximum absolute atomic E-state index is 14.0. The molecule has 0 aliphatic carbocycles. The highest BCUT2D eigenvalue weighted by Gasteiger charge is 2.15. The van der Waals surface area contributed by atoms with Gasteiger partial charge in [-0.15, -0.1) is 0 Å². The Morgan fingerprint density at radius 1 is 0.889 bits per heavy atom. The molecule has 4 aromatic rings. The van der Waals surface area contributed by atoms with Crippen LogP contribution in [0.25, 0.3) is 16.8 Å². The van der Waals surface area contributed by atoms with Crippen molar-refractivity contribution >= 4 is 5.78 Å². The van der Waals surface area contributed by atoms with E-state index in [9.17, 15) is 13.6 Å². The van der Waals surface area contributed by atoms with Crippen molar-refractivity contribution < 1.29 is 13.6 Å². The molecule has 7 heteroatoms. The quantitative estimate of drug-likeness (QED) is 0.409. The van der Waals surface area contributed by atoms with E-state index in [1.54, 1.807) is 53.2 Å². The summed E-state index contributed by atoms with van der Waals surface area (Å²) in [4.78, 5) is 24.1. The Labute approximate surface area is 153 Å². The van der Waals surface area contributed by atoms with Crippen molar-refractivity contribution in [1.29, 1.82) is 0 Å². The second-order valence-electron chi connectivity index (χ2n) is 5.72. The van der Waals surface area contributed by atoms with E-state index in [0.29, 0.717) is 11.3 Å². The summed E-state index contributed by atoms with van der Waals surface area (Å²) in [6.45, 7) is 0. The van der Waals surface area contributed by atoms with Crippen molar-refractivity contribution in [3.63, 3.8) is 0 Å². The number of ketones is 1. The minimum atomic E-state index is -0.885. The molecule has 0 amide bonds. The number of pyridine rings is 2. The molecule has 27 heavy (non-hydrogen) atoms. The van der Waals surface area contributed by atoms with Gasteiger partial charge in [-0.05, 0) is 35.9 Å². The standard InChI is InChI=1S/C20H12F2N4O/c21-15-7-9-24-20(22)18(15)13-4-3-5-14(10-13)26-11-17(25-12-26)19(27)16-6-1-2-8-23-16/h1-12H. The molecule has 0 aliphatic rings. The highest BCUT2D eigenvalue weighted by Crippen LogP contribution is 2.26. The minimum Gasteiger partial charge on any atom is -0.306 e. The number of hydrogen-bond acceptors (Lipinski definition) is 4. The van der Waals surface area contributed by atoms with Crippen molar-refractivity contribution in [2.24, 2.45) is 0 Å². The van der Waals surface area contributed by atoms with Crippen LogP contribution in [0.3, 0.4) is 0 Å². The number of hydrogen-bond donors (Lipinski definition) is 0. The summed E-state index contributed by atoms with van der Waals surface area (Å²) in [5, 5.41) is 0. The molecular formula is C20H12F2N4O. The maximum atomic E-state index is 14.0. The SMILES string of the molecule is O=C(c1ccccn1)c1cn(-c2cccc(-c3c(F)ccnc3F)c2)cn1. The molecule has 0 aliphatic heterocycles. The molecule has 3 aromatic heterocycles. The number of carbonyl (C=O) groups is 1. The molecule has 0 saturated carbocycles. The van der Waals surface area contributed by atoms with Crippen molar-refractivity contribution in [3.8, 4) is 16.8 Å². The molecule has 0 bridgehead atoms. The Kier molecular flexibility index (Phi) is 4.25. The zero-order valence-electron chi connectivity index (χ0n) is 13.9. The molecule has 3 heterocycles. The average Bonchev–Trinajstić information content (AvgIpc) is 3.18. The van der Waals surface area contributed by atoms with Gasteiger partial charge in [-0.1, -0.05) is 18.2 Å². The topological polar surface area (TPSA) is 60.7 Å². The molecule has 0 N–H and O–H groups in total. The predicted octanol–water partition coefficient (Wildman–Crippen LogP) is 3.84. The maximum Gasteiger partial charge on any atom is 0.231 e. The van der Waals surface area contributed by atoms with Crippen LogP contribution in [0.5, 0.6) is 0 Å². The van der Waals surface area contributed by atoms with Gasteiger partial charge < -0.3 is 4.57 Å². The van der Waals surface area contributed by atoms with Crippen molar-refractivity contribution in [2.45, 2.75) is 0 Å². The molecule has 4 rings (SSSR count). The van der Waals surface area contributed by atoms with Gasteiger partial charge in [0.15, 0.2) is 0 Å². The van der Waals surface area contributed by atoms with E-state index in [0.717, 1.165) is 12.3 Å². The summed E-state index contributed by atoms with van der Waals surface area (Å²) in [6.07, 6.45) is 5.62. The third-order valence-electron chi connectivity index (χ3n) is 4.00. The van der Waals surface area contributed by atoms with Crippen LogP contribution in [0.4, 0.5) is 8.78 Å². The summed E-state index contributed by atoms with van der Waals surface area (Å²) < 4.78 is 29.6. The van der Waals surface area contributed by atoms with Gasteiger partial charge in [0.1, 0.15) is 23.5 Å². The van der Waals surface area contributed by atoms with Crippen molar-refractivity contribution in [1.82, 2.24) is 19.5 Å². The van der Waals surface area contributed by atoms with Gasteiger partial charge in [0, 0.05) is 24.3 Å². The van der Waals surface area contributed by atoms with Crippen LogP contribution in [0.15, 0.2) is 73.4 Å². The third kappa shape index (κ3) is 3.22. The number of nitrogens with zero attached hydrogens (tertiary/aromatic N) is 4. The first kappa shape index (κ1) is 16.7. The van der Waals surface area contributed by atoms with Gasteiger partial charge in [0.2, 0.25) is 11.7 Å². The second kappa shape index (κ2) is 6.87. The summed E-state index contributed by atoms with van der Waals surface area (Å²) in [7, 11) is 0. The fraction of sp³-hybridized carbons (Fsp3) is 0. The van der Waals surface area contributed by atoms with Gasteiger partial charge in [-0.3, -0.25) is 9.78 Å². The third-order valence-corrected chi connectivity index (χ3v) is 4.00. The first-order valence-corrected chi connectivity index (χ1v) is 8.04. The number of rotatable bonds is 4. The Hall–Kier alpha value is -3.74. The number of benzene rings is 1. The van der Waals surface area contributed by atoms with Gasteiger partial charge in [0.05, 0.1) is 5.56 Å². The first-order valence-electron chi connectivity index (χ1n) is 8.04. The number of halogens is 2. The Balaban J connectivity index is 1.70. The lowest BCUT2D eigenvalue weighted by atomic mass is 10.1. The van der Waals surface area contributed by atoms with Crippen LogP contribution in [0.1, 0.15) is 16.2 Å². The molecule has 132 valence electrons. The molecule has 1 aromatic carbocycles. The lowest BCUT2D eigenvalue weighted by Crippen LogP contribution is -2.03. The summed E-state index contributed by atoms with van der Waals surface area (Å²) in [5.41, 5.74) is 1.24. The highest BCUT2D eigenvalue weighted by atomic mass is 19.1. The van der Waals surface area contributed by atoms with Crippen LogP contribution < -0.4 is 0 Å². The monoisotopic (exact) mass is 362 g/mol. The predicted molar refractivity (Wildman–Crippen MR) is 94.4 cm³/mol. The lowest BCUT2D eigenvalue weighted by molar-refractivity contribution is 0.103. The van der Waals surface area contributed by atoms with Crippen LogP contribution in [-0.4, -0.2) is 25.3 Å². The molecule has 0 saturated heterocycles. The molecule has 0 radical (unpaired) electrons. The molecule has 5 nitrogen and oxygen atoms in total. The average molecular weight is 362 g/mol. The largest absolute Gasteiger partial charge is 0.306 e. The van der Waals surface area contributed by atoms with E-state index in [2.05, 4.69) is 15.0 Å². The van der Waals surface area contributed by atoms with Gasteiger partial charge >= 0.3 is 0 Å². The zero-order valence-corrected chi connectivity index (χ0v) is 13.9. The van der Waals surface area contributed by atoms with Crippen LogP contribution in [-0.2, 0) is 0 Å². The van der Waals surface area contributed by atoms with E-state index < -0.39 is 11.8 Å². The summed E-state index contributed by atoms with van der Waals surface area (Å²) in [5.74, 6) is -1.89. The normalized spacial score (nSPS) is 10.7. The van der Waals surface area contributed by atoms with E-state index in [4.69, 9.17) is 0 Å². The van der Waals surface area contributed by atoms with Gasteiger partial charge in [-0.2, -0.15) is 4.39 Å². The number of carbonyl (C=O) groups excluding carboxylic acids is 1. The van der Waals surface area contributed by atoms with Crippen LogP contribution in [0.2, 0.25) is 0 Å². The molecule has 0 spiro atoms. The lowest BCUT2D eigenvalue weighted by Gasteiger charge is -2.07. The second-order valence-corrected chi connectivity index (χ2v) is 5.72. The number of aromatic nitrogens is 4. The minimum absolute atomic E-state index is 0.204. The first-order chi connectivity index (χ1) is 13.1. The number of imidazole rings is 1. The molecule has 0 atom stereocenters. The Bertz CT molecular complexity index is 1110. The fourth-order valence-corrected chi connectivity index (χ4v) is 2.70. The van der Waals surface area contributed by atoms with Gasteiger partial charge in [0.25, 0.3) is 0 Å². The van der Waals surface area contributed by atoms with Crippen molar-refractivity contribution in [3.05, 3.63) is 96.6 Å². The molecular weight excluding hydrogens is 350 g/mol. The molecule has 0 unspecified atom stereocenters. The van der Waals surface area contributed by atoms with E-state index in [1.807, 2.05) is 0 Å². The van der Waals surface area contributed by atoms with Crippen molar-refractivity contribution in [2.75, 3.05) is 0 Å². The van der Waals surface area contributed by atoms with Gasteiger partial charge in [-0.25, -0.2) is 14.4 Å². The van der Waals surface area contributed by atoms with E-state index in [-0.39, 0.29) is 22.7 Å². The van der Waals surface area contributed by atoms with Crippen LogP contribution >= 0.6 is 0 Å². The Morgan fingerprint density at radius 3 is 2.56 bits per heavy atom.